The van der Waals surface area contributed by atoms with Gasteiger partial charge in [0.25, 0.3) is 5.91 Å². The number of rotatable bonds is 2. The number of nitrogens with zero attached hydrogens (tertiary/aromatic N) is 1. The Bertz CT molecular complexity index is 621. The van der Waals surface area contributed by atoms with E-state index < -0.39 is 0 Å². The Kier molecular flexibility index (Phi) is 3.28. The Morgan fingerprint density at radius 3 is 2.75 bits per heavy atom. The largest absolute Gasteiger partial charge is 0.361 e. The minimum absolute atomic E-state index is 0.174. The average Bonchev–Trinajstić information content (AvgIpc) is 2.95. The minimum atomic E-state index is 0.174. The van der Waals surface area contributed by atoms with E-state index in [-0.39, 0.29) is 5.91 Å². The number of hydrogen-bond donors (Lipinski definition) is 1. The molecular weight excluding hydrogens is 248 g/mol. The quantitative estimate of drug-likeness (QED) is 0.884. The first-order valence-electron chi connectivity index (χ1n) is 7.48. The van der Waals surface area contributed by atoms with Gasteiger partial charge in [-0.05, 0) is 36.5 Å². The van der Waals surface area contributed by atoms with Gasteiger partial charge in [0.05, 0.1) is 0 Å². The summed E-state index contributed by atoms with van der Waals surface area (Å²) < 4.78 is 0. The highest BCUT2D eigenvalue weighted by atomic mass is 16.2. The molecule has 106 valence electrons. The van der Waals surface area contributed by atoms with Crippen LogP contribution in [0, 0.1) is 5.41 Å². The van der Waals surface area contributed by atoms with Gasteiger partial charge in [-0.3, -0.25) is 4.79 Å². The van der Waals surface area contributed by atoms with E-state index in [0.29, 0.717) is 5.41 Å². The molecule has 0 aliphatic carbocycles. The number of aromatic amines is 1. The van der Waals surface area contributed by atoms with Gasteiger partial charge in [-0.25, -0.2) is 0 Å². The third-order valence-electron chi connectivity index (χ3n) is 4.94. The zero-order valence-corrected chi connectivity index (χ0v) is 12.3. The second-order valence-corrected chi connectivity index (χ2v) is 6.20. The highest BCUT2D eigenvalue weighted by Gasteiger charge is 2.31. The van der Waals surface area contributed by atoms with Gasteiger partial charge in [0.1, 0.15) is 0 Å². The molecular formula is C17H22N2O. The Labute approximate surface area is 120 Å². The van der Waals surface area contributed by atoms with Crippen LogP contribution in [0.15, 0.2) is 30.5 Å². The topological polar surface area (TPSA) is 36.1 Å². The lowest BCUT2D eigenvalue weighted by Crippen LogP contribution is -2.42. The van der Waals surface area contributed by atoms with Crippen LogP contribution in [0.5, 0.6) is 0 Å². The molecule has 3 heteroatoms. The zero-order valence-electron chi connectivity index (χ0n) is 12.3. The van der Waals surface area contributed by atoms with Crippen molar-refractivity contribution in [2.24, 2.45) is 5.41 Å². The summed E-state index contributed by atoms with van der Waals surface area (Å²) in [6, 6.07) is 7.89. The van der Waals surface area contributed by atoms with Crippen LogP contribution in [0.25, 0.3) is 10.9 Å². The van der Waals surface area contributed by atoms with Crippen LogP contribution in [0.3, 0.4) is 0 Å². The molecule has 1 aliphatic heterocycles. The maximum atomic E-state index is 12.7. The van der Waals surface area contributed by atoms with Crippen molar-refractivity contribution in [1.29, 1.82) is 0 Å². The molecule has 0 bridgehead atoms. The van der Waals surface area contributed by atoms with Crippen LogP contribution >= 0.6 is 0 Å². The van der Waals surface area contributed by atoms with Crippen molar-refractivity contribution in [3.8, 4) is 0 Å². The van der Waals surface area contributed by atoms with Crippen LogP contribution in [-0.4, -0.2) is 28.9 Å². The Balaban J connectivity index is 1.82. The first-order valence-corrected chi connectivity index (χ1v) is 7.48. The maximum absolute atomic E-state index is 12.7. The molecule has 1 aromatic carbocycles. The van der Waals surface area contributed by atoms with Gasteiger partial charge in [-0.1, -0.05) is 26.3 Å². The second kappa shape index (κ2) is 4.97. The van der Waals surface area contributed by atoms with Crippen LogP contribution in [-0.2, 0) is 0 Å². The summed E-state index contributed by atoms with van der Waals surface area (Å²) in [5.41, 5.74) is 2.27. The predicted octanol–water partition coefficient (Wildman–Crippen LogP) is 3.82. The number of hydrogen-bond acceptors (Lipinski definition) is 1. The summed E-state index contributed by atoms with van der Waals surface area (Å²) in [5, 5.41) is 1.03. The molecule has 1 aliphatic rings. The summed E-state index contributed by atoms with van der Waals surface area (Å²) in [4.78, 5) is 17.9. The lowest BCUT2D eigenvalue weighted by atomic mass is 9.78. The number of likely N-dealkylation sites (tertiary alicyclic amines) is 1. The van der Waals surface area contributed by atoms with E-state index in [2.05, 4.69) is 18.8 Å². The van der Waals surface area contributed by atoms with Crippen LogP contribution < -0.4 is 0 Å². The summed E-state index contributed by atoms with van der Waals surface area (Å²) in [6.07, 6.45) is 5.31. The zero-order chi connectivity index (χ0) is 14.2. The fraction of sp³-hybridized carbons (Fsp3) is 0.471. The lowest BCUT2D eigenvalue weighted by Gasteiger charge is -2.39. The summed E-state index contributed by atoms with van der Waals surface area (Å²) in [5.74, 6) is 0.174. The number of amides is 1. The number of aromatic nitrogens is 1. The van der Waals surface area contributed by atoms with E-state index in [1.54, 1.807) is 0 Å². The summed E-state index contributed by atoms with van der Waals surface area (Å²) in [7, 11) is 0. The lowest BCUT2D eigenvalue weighted by molar-refractivity contribution is 0.0602. The first kappa shape index (κ1) is 13.2. The van der Waals surface area contributed by atoms with Gasteiger partial charge >= 0.3 is 0 Å². The van der Waals surface area contributed by atoms with Gasteiger partial charge in [0.2, 0.25) is 0 Å². The summed E-state index contributed by atoms with van der Waals surface area (Å²) >= 11 is 0. The fourth-order valence-electron chi connectivity index (χ4n) is 3.05. The molecule has 1 amide bonds. The van der Waals surface area contributed by atoms with Gasteiger partial charge in [-0.15, -0.1) is 0 Å². The third-order valence-corrected chi connectivity index (χ3v) is 4.94. The van der Waals surface area contributed by atoms with E-state index in [0.717, 1.165) is 42.4 Å². The fourth-order valence-corrected chi connectivity index (χ4v) is 3.05. The van der Waals surface area contributed by atoms with Gasteiger partial charge < -0.3 is 9.88 Å². The molecule has 1 N–H and O–H groups in total. The van der Waals surface area contributed by atoms with Gasteiger partial charge in [0, 0.05) is 35.8 Å². The molecule has 20 heavy (non-hydrogen) atoms. The molecule has 2 heterocycles. The molecule has 0 spiro atoms. The highest BCUT2D eigenvalue weighted by molar-refractivity contribution is 6.06. The predicted molar refractivity (Wildman–Crippen MR) is 81.8 cm³/mol. The molecule has 0 unspecified atom stereocenters. The normalized spacial score (nSPS) is 18.4. The number of carbonyl (C=O) groups excluding carboxylic acids is 1. The van der Waals surface area contributed by atoms with Crippen molar-refractivity contribution < 1.29 is 4.79 Å². The van der Waals surface area contributed by atoms with E-state index >= 15 is 0 Å². The SMILES string of the molecule is CCC1(C)CCN(C(=O)c2cccc3[nH]ccc23)CC1. The van der Waals surface area contributed by atoms with Crippen LogP contribution in [0.1, 0.15) is 43.5 Å². The highest BCUT2D eigenvalue weighted by Crippen LogP contribution is 2.34. The van der Waals surface area contributed by atoms with Crippen molar-refractivity contribution >= 4 is 16.8 Å². The molecule has 2 aromatic rings. The van der Waals surface area contributed by atoms with E-state index in [1.807, 2.05) is 35.4 Å². The summed E-state index contributed by atoms with van der Waals surface area (Å²) in [6.45, 7) is 6.34. The number of H-pyrrole nitrogens is 1. The van der Waals surface area contributed by atoms with Crippen molar-refractivity contribution in [1.82, 2.24) is 9.88 Å². The molecule has 1 fully saturated rings. The Morgan fingerprint density at radius 1 is 1.30 bits per heavy atom. The average molecular weight is 270 g/mol. The van der Waals surface area contributed by atoms with Gasteiger partial charge in [0.15, 0.2) is 0 Å². The van der Waals surface area contributed by atoms with Gasteiger partial charge in [-0.2, -0.15) is 0 Å². The number of piperidine rings is 1. The smallest absolute Gasteiger partial charge is 0.254 e. The molecule has 0 atom stereocenters. The first-order chi connectivity index (χ1) is 9.63. The van der Waals surface area contributed by atoms with E-state index in [1.165, 1.54) is 6.42 Å². The van der Waals surface area contributed by atoms with Crippen LogP contribution in [0.4, 0.5) is 0 Å². The van der Waals surface area contributed by atoms with Crippen molar-refractivity contribution in [3.63, 3.8) is 0 Å². The monoisotopic (exact) mass is 270 g/mol. The molecule has 3 nitrogen and oxygen atoms in total. The number of fused-ring (bicyclic) bond motifs is 1. The van der Waals surface area contributed by atoms with Crippen LogP contribution in [0.2, 0.25) is 0 Å². The number of carbonyl (C=O) groups is 1. The number of nitrogens with one attached hydrogen (secondary N) is 1. The molecule has 1 saturated heterocycles. The van der Waals surface area contributed by atoms with E-state index in [4.69, 9.17) is 0 Å². The molecule has 3 rings (SSSR count). The number of benzene rings is 1. The van der Waals surface area contributed by atoms with Crippen molar-refractivity contribution in [2.75, 3.05) is 13.1 Å². The molecule has 0 saturated carbocycles. The standard InChI is InChI=1S/C17H22N2O/c1-3-17(2)8-11-19(12-9-17)16(20)14-5-4-6-15-13(14)7-10-18-15/h4-7,10,18H,3,8-9,11-12H2,1-2H3. The third kappa shape index (κ3) is 2.21. The Hall–Kier alpha value is -1.77. The molecule has 0 radical (unpaired) electrons. The Morgan fingerprint density at radius 2 is 2.05 bits per heavy atom. The van der Waals surface area contributed by atoms with Crippen molar-refractivity contribution in [3.05, 3.63) is 36.0 Å². The van der Waals surface area contributed by atoms with Crippen molar-refractivity contribution in [2.45, 2.75) is 33.1 Å². The minimum Gasteiger partial charge on any atom is -0.361 e. The maximum Gasteiger partial charge on any atom is 0.254 e. The molecule has 1 aromatic heterocycles. The van der Waals surface area contributed by atoms with E-state index in [9.17, 15) is 4.79 Å². The second-order valence-electron chi connectivity index (χ2n) is 6.20.